The molecule has 0 unspecified atom stereocenters. The summed E-state index contributed by atoms with van der Waals surface area (Å²) in [4.78, 5) is 0. The Hall–Kier alpha value is -1.65. The summed E-state index contributed by atoms with van der Waals surface area (Å²) in [6.07, 6.45) is 7.76. The van der Waals surface area contributed by atoms with Gasteiger partial charge in [0, 0.05) is 25.0 Å². The van der Waals surface area contributed by atoms with E-state index in [1.807, 2.05) is 23.1 Å². The van der Waals surface area contributed by atoms with Gasteiger partial charge in [-0.25, -0.2) is 4.68 Å². The number of benzene rings is 1. The van der Waals surface area contributed by atoms with Crippen molar-refractivity contribution in [1.29, 1.82) is 0 Å². The topological polar surface area (TPSA) is 39.1 Å². The van der Waals surface area contributed by atoms with E-state index in [2.05, 4.69) is 41.6 Å². The van der Waals surface area contributed by atoms with Gasteiger partial charge in [-0.1, -0.05) is 18.2 Å². The molecule has 1 N–H and O–H groups in total. The van der Waals surface area contributed by atoms with Crippen molar-refractivity contribution in [3.05, 3.63) is 48.3 Å². The molecule has 3 rings (SSSR count). The summed E-state index contributed by atoms with van der Waals surface area (Å²) in [5, 5.41) is 7.95. The first-order valence-corrected chi connectivity index (χ1v) is 7.78. The monoisotopic (exact) mass is 285 g/mol. The quantitative estimate of drug-likeness (QED) is 0.886. The lowest BCUT2D eigenvalue weighted by Gasteiger charge is -2.19. The maximum Gasteiger partial charge on any atom is 0.0693 e. The van der Waals surface area contributed by atoms with Crippen molar-refractivity contribution in [2.24, 2.45) is 0 Å². The van der Waals surface area contributed by atoms with Crippen LogP contribution in [0.1, 0.15) is 37.8 Å². The second-order valence-corrected chi connectivity index (χ2v) is 5.61. The molecule has 4 nitrogen and oxygen atoms in total. The minimum absolute atomic E-state index is 0.298. The van der Waals surface area contributed by atoms with Crippen molar-refractivity contribution in [2.45, 2.75) is 38.3 Å². The molecule has 1 fully saturated rings. The number of hydrogen-bond acceptors (Lipinski definition) is 3. The summed E-state index contributed by atoms with van der Waals surface area (Å²) in [6.45, 7) is 4.12. The van der Waals surface area contributed by atoms with Crippen LogP contribution in [0.25, 0.3) is 5.69 Å². The molecule has 2 atom stereocenters. The van der Waals surface area contributed by atoms with E-state index in [0.29, 0.717) is 12.1 Å². The molecule has 0 radical (unpaired) electrons. The van der Waals surface area contributed by atoms with E-state index < -0.39 is 0 Å². The van der Waals surface area contributed by atoms with Crippen molar-refractivity contribution >= 4 is 0 Å². The fraction of sp³-hybridized carbons (Fsp3) is 0.471. The van der Waals surface area contributed by atoms with Crippen LogP contribution in [-0.2, 0) is 4.74 Å². The Bertz CT molecular complexity index is 547. The van der Waals surface area contributed by atoms with Gasteiger partial charge in [0.1, 0.15) is 0 Å². The van der Waals surface area contributed by atoms with Crippen LogP contribution < -0.4 is 5.32 Å². The third kappa shape index (κ3) is 3.52. The Labute approximate surface area is 126 Å². The maximum atomic E-state index is 5.67. The summed E-state index contributed by atoms with van der Waals surface area (Å²) in [6, 6.07) is 10.7. The number of aromatic nitrogens is 2. The number of rotatable bonds is 6. The zero-order valence-corrected chi connectivity index (χ0v) is 12.5. The molecule has 0 aliphatic carbocycles. The van der Waals surface area contributed by atoms with Crippen LogP contribution >= 0.6 is 0 Å². The van der Waals surface area contributed by atoms with Gasteiger partial charge in [0.15, 0.2) is 0 Å². The van der Waals surface area contributed by atoms with Crippen LogP contribution in [0.4, 0.5) is 0 Å². The first-order valence-electron chi connectivity index (χ1n) is 7.78. The van der Waals surface area contributed by atoms with Gasteiger partial charge in [-0.05, 0) is 50.4 Å². The van der Waals surface area contributed by atoms with Crippen LogP contribution in [0.2, 0.25) is 0 Å². The van der Waals surface area contributed by atoms with Crippen molar-refractivity contribution in [1.82, 2.24) is 15.1 Å². The van der Waals surface area contributed by atoms with Gasteiger partial charge in [0.25, 0.3) is 0 Å². The lowest BCUT2D eigenvalue weighted by molar-refractivity contribution is 0.103. The Balaban J connectivity index is 1.62. The third-order valence-electron chi connectivity index (χ3n) is 4.10. The van der Waals surface area contributed by atoms with Gasteiger partial charge in [0.2, 0.25) is 0 Å². The molecule has 1 aliphatic rings. The molecule has 0 bridgehead atoms. The average molecular weight is 285 g/mol. The van der Waals surface area contributed by atoms with Crippen molar-refractivity contribution in [3.63, 3.8) is 0 Å². The minimum atomic E-state index is 0.298. The average Bonchev–Trinajstić information content (AvgIpc) is 3.20. The lowest BCUT2D eigenvalue weighted by atomic mass is 10.1. The van der Waals surface area contributed by atoms with Crippen LogP contribution in [0, 0.1) is 0 Å². The number of nitrogens with one attached hydrogen (secondary N) is 1. The van der Waals surface area contributed by atoms with Gasteiger partial charge >= 0.3 is 0 Å². The van der Waals surface area contributed by atoms with E-state index >= 15 is 0 Å². The molecular weight excluding hydrogens is 262 g/mol. The normalized spacial score (nSPS) is 19.8. The highest BCUT2D eigenvalue weighted by Gasteiger charge is 2.16. The molecule has 4 heteroatoms. The van der Waals surface area contributed by atoms with Crippen LogP contribution in [0.15, 0.2) is 42.7 Å². The highest BCUT2D eigenvalue weighted by molar-refractivity contribution is 5.42. The van der Waals surface area contributed by atoms with E-state index in [4.69, 9.17) is 4.74 Å². The van der Waals surface area contributed by atoms with E-state index in [0.717, 1.165) is 25.3 Å². The maximum absolute atomic E-state index is 5.67. The molecule has 0 spiro atoms. The van der Waals surface area contributed by atoms with Crippen LogP contribution in [0.3, 0.4) is 0 Å². The second kappa shape index (κ2) is 6.87. The minimum Gasteiger partial charge on any atom is -0.378 e. The summed E-state index contributed by atoms with van der Waals surface area (Å²) in [7, 11) is 0. The van der Waals surface area contributed by atoms with Crippen molar-refractivity contribution in [2.75, 3.05) is 13.2 Å². The van der Waals surface area contributed by atoms with E-state index in [1.165, 1.54) is 18.4 Å². The van der Waals surface area contributed by atoms with E-state index in [-0.39, 0.29) is 0 Å². The van der Waals surface area contributed by atoms with E-state index in [1.54, 1.807) is 0 Å². The molecule has 2 aromatic rings. The predicted octanol–water partition coefficient (Wildman–Crippen LogP) is 3.09. The molecule has 1 saturated heterocycles. The number of ether oxygens (including phenoxy) is 1. The SMILES string of the molecule is C[C@H](NCC[C@H]1CCCO1)c1ccccc1-n1cccn1. The largest absolute Gasteiger partial charge is 0.378 e. The van der Waals surface area contributed by atoms with Gasteiger partial charge < -0.3 is 10.1 Å². The highest BCUT2D eigenvalue weighted by atomic mass is 16.5. The number of para-hydroxylation sites is 1. The predicted molar refractivity (Wildman–Crippen MR) is 83.6 cm³/mol. The summed E-state index contributed by atoms with van der Waals surface area (Å²) in [5.74, 6) is 0. The molecule has 1 aliphatic heterocycles. The summed E-state index contributed by atoms with van der Waals surface area (Å²) in [5.41, 5.74) is 2.41. The van der Waals surface area contributed by atoms with E-state index in [9.17, 15) is 0 Å². The first-order chi connectivity index (χ1) is 10.3. The standard InChI is InChI=1S/C17H23N3O/c1-14(18-11-9-15-6-4-13-21-15)16-7-2-3-8-17(16)20-12-5-10-19-20/h2-3,5,7-8,10,12,14-15,18H,4,6,9,11,13H2,1H3/t14-,15+/m0/s1. The lowest BCUT2D eigenvalue weighted by Crippen LogP contribution is -2.24. The first kappa shape index (κ1) is 14.3. The molecule has 1 aromatic carbocycles. The summed E-state index contributed by atoms with van der Waals surface area (Å²) >= 11 is 0. The molecule has 2 heterocycles. The second-order valence-electron chi connectivity index (χ2n) is 5.61. The zero-order chi connectivity index (χ0) is 14.5. The fourth-order valence-corrected chi connectivity index (χ4v) is 2.92. The molecule has 112 valence electrons. The Kier molecular flexibility index (Phi) is 4.68. The third-order valence-corrected chi connectivity index (χ3v) is 4.10. The molecule has 0 amide bonds. The van der Waals surface area contributed by atoms with Crippen LogP contribution in [-0.4, -0.2) is 29.0 Å². The van der Waals surface area contributed by atoms with Gasteiger partial charge in [-0.2, -0.15) is 5.10 Å². The van der Waals surface area contributed by atoms with Gasteiger partial charge in [-0.15, -0.1) is 0 Å². The van der Waals surface area contributed by atoms with Gasteiger partial charge in [-0.3, -0.25) is 0 Å². The molecular formula is C17H23N3O. The van der Waals surface area contributed by atoms with Gasteiger partial charge in [0.05, 0.1) is 11.8 Å². The zero-order valence-electron chi connectivity index (χ0n) is 12.5. The number of hydrogen-bond donors (Lipinski definition) is 1. The smallest absolute Gasteiger partial charge is 0.0693 e. The fourth-order valence-electron chi connectivity index (χ4n) is 2.92. The molecule has 0 saturated carbocycles. The van der Waals surface area contributed by atoms with Crippen molar-refractivity contribution < 1.29 is 4.74 Å². The Morgan fingerprint density at radius 3 is 3.05 bits per heavy atom. The molecule has 21 heavy (non-hydrogen) atoms. The van der Waals surface area contributed by atoms with Crippen LogP contribution in [0.5, 0.6) is 0 Å². The Morgan fingerprint density at radius 2 is 2.29 bits per heavy atom. The number of nitrogens with zero attached hydrogens (tertiary/aromatic N) is 2. The summed E-state index contributed by atoms with van der Waals surface area (Å²) < 4.78 is 7.59. The Morgan fingerprint density at radius 1 is 1.38 bits per heavy atom. The highest BCUT2D eigenvalue weighted by Crippen LogP contribution is 2.21. The van der Waals surface area contributed by atoms with Crippen molar-refractivity contribution in [3.8, 4) is 5.69 Å². The molecule has 1 aromatic heterocycles.